The van der Waals surface area contributed by atoms with Crippen LogP contribution in [0.2, 0.25) is 0 Å². The van der Waals surface area contributed by atoms with Gasteiger partial charge in [0.25, 0.3) is 5.91 Å². The maximum atomic E-state index is 13.4. The van der Waals surface area contributed by atoms with Gasteiger partial charge in [-0.15, -0.1) is 0 Å². The molecule has 1 amide bonds. The summed E-state index contributed by atoms with van der Waals surface area (Å²) in [5.74, 6) is 0.0203. The number of hydrogen-bond acceptors (Lipinski definition) is 4. The number of amides is 1. The third-order valence-electron chi connectivity index (χ3n) is 5.69. The SMILES string of the molecule is CCc1cc(CNC(=O)c2ccnc(Cc3cnc4cc(F)ccc4c3)c2)ccc1C(N)=NC. The second kappa shape index (κ2) is 10.2. The number of carbonyl (C=O) groups excluding carboxylic acids is 1. The number of nitrogens with two attached hydrogens (primary N) is 1. The van der Waals surface area contributed by atoms with Gasteiger partial charge in [0, 0.05) is 60.7 Å². The van der Waals surface area contributed by atoms with Crippen LogP contribution in [0.5, 0.6) is 0 Å². The van der Waals surface area contributed by atoms with Gasteiger partial charge in [-0.1, -0.05) is 25.1 Å². The molecule has 7 heteroatoms. The van der Waals surface area contributed by atoms with Crippen LogP contribution in [0.4, 0.5) is 4.39 Å². The maximum absolute atomic E-state index is 13.4. The number of carbonyl (C=O) groups is 1. The van der Waals surface area contributed by atoms with E-state index in [2.05, 4.69) is 27.2 Å². The molecule has 4 aromatic rings. The minimum atomic E-state index is -0.311. The van der Waals surface area contributed by atoms with Crippen LogP contribution < -0.4 is 11.1 Å². The highest BCUT2D eigenvalue weighted by atomic mass is 19.1. The average molecular weight is 456 g/mol. The van der Waals surface area contributed by atoms with Gasteiger partial charge in [0.15, 0.2) is 0 Å². The predicted octanol–water partition coefficient (Wildman–Crippen LogP) is 4.19. The van der Waals surface area contributed by atoms with E-state index < -0.39 is 0 Å². The molecule has 0 aliphatic carbocycles. The molecular weight excluding hydrogens is 429 g/mol. The molecule has 0 aliphatic rings. The van der Waals surface area contributed by atoms with Crippen molar-refractivity contribution in [2.45, 2.75) is 26.3 Å². The first kappa shape index (κ1) is 23.0. The number of benzene rings is 2. The summed E-state index contributed by atoms with van der Waals surface area (Å²) >= 11 is 0. The lowest BCUT2D eigenvalue weighted by Gasteiger charge is -2.11. The van der Waals surface area contributed by atoms with Gasteiger partial charge < -0.3 is 11.1 Å². The van der Waals surface area contributed by atoms with Gasteiger partial charge in [-0.25, -0.2) is 4.39 Å². The van der Waals surface area contributed by atoms with Crippen molar-refractivity contribution >= 4 is 22.6 Å². The van der Waals surface area contributed by atoms with Crippen molar-refractivity contribution < 1.29 is 9.18 Å². The number of pyridine rings is 2. The fourth-order valence-electron chi connectivity index (χ4n) is 3.87. The minimum absolute atomic E-state index is 0.174. The highest BCUT2D eigenvalue weighted by Crippen LogP contribution is 2.17. The van der Waals surface area contributed by atoms with Crippen molar-refractivity contribution in [2.75, 3.05) is 7.05 Å². The molecule has 6 nitrogen and oxygen atoms in total. The summed E-state index contributed by atoms with van der Waals surface area (Å²) in [6.07, 6.45) is 4.68. The van der Waals surface area contributed by atoms with E-state index in [0.717, 1.165) is 39.8 Å². The van der Waals surface area contributed by atoms with Crippen molar-refractivity contribution in [3.8, 4) is 0 Å². The number of amidine groups is 1. The molecule has 0 saturated carbocycles. The molecule has 0 fully saturated rings. The Morgan fingerprint density at radius 1 is 1.06 bits per heavy atom. The number of hydrogen-bond donors (Lipinski definition) is 2. The molecule has 2 aromatic heterocycles. The van der Waals surface area contributed by atoms with E-state index in [0.29, 0.717) is 29.9 Å². The van der Waals surface area contributed by atoms with Crippen molar-refractivity contribution in [2.24, 2.45) is 10.7 Å². The Hall–Kier alpha value is -4.13. The molecule has 0 unspecified atom stereocenters. The van der Waals surface area contributed by atoms with Crippen molar-refractivity contribution in [3.63, 3.8) is 0 Å². The number of aromatic nitrogens is 2. The van der Waals surface area contributed by atoms with Gasteiger partial charge >= 0.3 is 0 Å². The van der Waals surface area contributed by atoms with Crippen LogP contribution in [0.3, 0.4) is 0 Å². The molecule has 0 spiro atoms. The number of aliphatic imine (C=N–C) groups is 1. The number of nitrogens with one attached hydrogen (secondary N) is 1. The second-order valence-corrected chi connectivity index (χ2v) is 8.03. The predicted molar refractivity (Wildman–Crippen MR) is 132 cm³/mol. The Kier molecular flexibility index (Phi) is 6.92. The van der Waals surface area contributed by atoms with E-state index in [1.165, 1.54) is 12.1 Å². The third kappa shape index (κ3) is 5.26. The summed E-state index contributed by atoms with van der Waals surface area (Å²) < 4.78 is 13.4. The first-order chi connectivity index (χ1) is 16.5. The lowest BCUT2D eigenvalue weighted by atomic mass is 10.0. The fraction of sp³-hybridized carbons (Fsp3) is 0.185. The van der Waals surface area contributed by atoms with E-state index in [9.17, 15) is 9.18 Å². The highest BCUT2D eigenvalue weighted by Gasteiger charge is 2.10. The van der Waals surface area contributed by atoms with Crippen LogP contribution in [-0.4, -0.2) is 28.8 Å². The van der Waals surface area contributed by atoms with E-state index in [-0.39, 0.29) is 11.7 Å². The molecule has 34 heavy (non-hydrogen) atoms. The standard InChI is InChI=1S/C27H26FN5O/c1-3-19-10-17(4-7-24(19)26(29)30-2)15-33-27(34)21-8-9-31-23(13-21)12-18-11-20-5-6-22(28)14-25(20)32-16-18/h4-11,13-14,16H,3,12,15H2,1-2H3,(H2,29,30)(H,33,34). The molecular formula is C27H26FN5O. The zero-order valence-corrected chi connectivity index (χ0v) is 19.2. The Morgan fingerprint density at radius 3 is 2.71 bits per heavy atom. The molecule has 4 rings (SSSR count). The lowest BCUT2D eigenvalue weighted by molar-refractivity contribution is 0.0950. The Balaban J connectivity index is 1.44. The van der Waals surface area contributed by atoms with E-state index in [4.69, 9.17) is 5.73 Å². The molecule has 172 valence electrons. The van der Waals surface area contributed by atoms with E-state index in [1.807, 2.05) is 24.3 Å². The zero-order valence-electron chi connectivity index (χ0n) is 19.2. The molecule has 3 N–H and O–H groups in total. The Labute approximate surface area is 197 Å². The first-order valence-electron chi connectivity index (χ1n) is 11.1. The van der Waals surface area contributed by atoms with Gasteiger partial charge in [0.1, 0.15) is 11.7 Å². The molecule has 2 aromatic carbocycles. The molecule has 0 radical (unpaired) electrons. The molecule has 0 aliphatic heterocycles. The summed E-state index contributed by atoms with van der Waals surface area (Å²) in [7, 11) is 1.67. The van der Waals surface area contributed by atoms with Crippen molar-refractivity contribution in [3.05, 3.63) is 106 Å². The summed E-state index contributed by atoms with van der Waals surface area (Å²) in [5.41, 5.74) is 11.8. The summed E-state index contributed by atoms with van der Waals surface area (Å²) in [4.78, 5) is 25.6. The number of rotatable bonds is 7. The Morgan fingerprint density at radius 2 is 1.91 bits per heavy atom. The molecule has 0 saturated heterocycles. The second-order valence-electron chi connectivity index (χ2n) is 8.03. The average Bonchev–Trinajstić information content (AvgIpc) is 2.86. The zero-order chi connectivity index (χ0) is 24.1. The summed E-state index contributed by atoms with van der Waals surface area (Å²) in [5, 5.41) is 3.83. The largest absolute Gasteiger partial charge is 0.384 e. The molecule has 0 atom stereocenters. The van der Waals surface area contributed by atoms with Gasteiger partial charge in [0.05, 0.1) is 5.52 Å². The van der Waals surface area contributed by atoms with Crippen LogP contribution in [-0.2, 0) is 19.4 Å². The monoisotopic (exact) mass is 455 g/mol. The van der Waals surface area contributed by atoms with Gasteiger partial charge in [0.2, 0.25) is 0 Å². The Bertz CT molecular complexity index is 1380. The number of nitrogens with zero attached hydrogens (tertiary/aromatic N) is 3. The lowest BCUT2D eigenvalue weighted by Crippen LogP contribution is -2.23. The van der Waals surface area contributed by atoms with Crippen LogP contribution in [0.25, 0.3) is 10.9 Å². The smallest absolute Gasteiger partial charge is 0.251 e. The summed E-state index contributed by atoms with van der Waals surface area (Å²) in [6.45, 7) is 2.46. The summed E-state index contributed by atoms with van der Waals surface area (Å²) in [6, 6.07) is 15.9. The van der Waals surface area contributed by atoms with Crippen LogP contribution in [0, 0.1) is 5.82 Å². The first-order valence-corrected chi connectivity index (χ1v) is 11.1. The number of halogens is 1. The van der Waals surface area contributed by atoms with Crippen molar-refractivity contribution in [1.82, 2.24) is 15.3 Å². The molecule has 2 heterocycles. The minimum Gasteiger partial charge on any atom is -0.384 e. The van der Waals surface area contributed by atoms with Gasteiger partial charge in [-0.2, -0.15) is 0 Å². The van der Waals surface area contributed by atoms with E-state index >= 15 is 0 Å². The number of fused-ring (bicyclic) bond motifs is 1. The maximum Gasteiger partial charge on any atom is 0.251 e. The van der Waals surface area contributed by atoms with Gasteiger partial charge in [-0.3, -0.25) is 19.8 Å². The highest BCUT2D eigenvalue weighted by molar-refractivity contribution is 5.99. The number of aryl methyl sites for hydroxylation is 1. The molecule has 0 bridgehead atoms. The van der Waals surface area contributed by atoms with E-state index in [1.54, 1.807) is 37.6 Å². The van der Waals surface area contributed by atoms with Crippen LogP contribution >= 0.6 is 0 Å². The normalized spacial score (nSPS) is 11.6. The van der Waals surface area contributed by atoms with Crippen molar-refractivity contribution in [1.29, 1.82) is 0 Å². The topological polar surface area (TPSA) is 93.3 Å². The van der Waals surface area contributed by atoms with Crippen LogP contribution in [0.1, 0.15) is 45.2 Å². The quantitative estimate of drug-likeness (QED) is 0.323. The third-order valence-corrected chi connectivity index (χ3v) is 5.69. The van der Waals surface area contributed by atoms with Gasteiger partial charge in [-0.05, 0) is 53.4 Å². The fourth-order valence-corrected chi connectivity index (χ4v) is 3.87. The van der Waals surface area contributed by atoms with Crippen LogP contribution in [0.15, 0.2) is 72.0 Å².